The number of rotatable bonds is 2. The summed E-state index contributed by atoms with van der Waals surface area (Å²) in [4.78, 5) is 16.4. The molecule has 0 bridgehead atoms. The van der Waals surface area contributed by atoms with Crippen LogP contribution in [0.5, 0.6) is 0 Å². The number of nitrogens with zero attached hydrogens (tertiary/aromatic N) is 2. The first-order chi connectivity index (χ1) is 8.93. The van der Waals surface area contributed by atoms with Gasteiger partial charge < -0.3 is 9.80 Å². The first-order valence-corrected chi connectivity index (χ1v) is 7.01. The highest BCUT2D eigenvalue weighted by molar-refractivity contribution is 5.94. The smallest absolute Gasteiger partial charge is 0.226 e. The second-order valence-corrected chi connectivity index (χ2v) is 5.74. The third-order valence-corrected chi connectivity index (χ3v) is 4.17. The van der Waals surface area contributed by atoms with E-state index in [0.717, 1.165) is 18.7 Å². The number of hydrogen-bond acceptors (Lipinski definition) is 2. The molecule has 0 aromatic heterocycles. The molecule has 104 valence electrons. The van der Waals surface area contributed by atoms with Crippen molar-refractivity contribution in [1.29, 1.82) is 0 Å². The van der Waals surface area contributed by atoms with Crippen molar-refractivity contribution in [3.05, 3.63) is 28.8 Å². The highest BCUT2D eigenvalue weighted by Crippen LogP contribution is 2.31. The molecule has 1 aromatic carbocycles. The molecule has 0 saturated carbocycles. The normalized spacial score (nSPS) is 18.6. The van der Waals surface area contributed by atoms with Gasteiger partial charge in [0.25, 0.3) is 0 Å². The van der Waals surface area contributed by atoms with E-state index in [0.29, 0.717) is 12.5 Å². The van der Waals surface area contributed by atoms with Gasteiger partial charge >= 0.3 is 0 Å². The van der Waals surface area contributed by atoms with Crippen molar-refractivity contribution < 1.29 is 4.79 Å². The van der Waals surface area contributed by atoms with Crippen LogP contribution in [0.2, 0.25) is 0 Å². The first kappa shape index (κ1) is 14.1. The molecule has 0 N–H and O–H groups in total. The number of carbonyl (C=O) groups excluding carboxylic acids is 1. The summed E-state index contributed by atoms with van der Waals surface area (Å²) in [5.74, 6) is 0.219. The topological polar surface area (TPSA) is 23.6 Å². The lowest BCUT2D eigenvalue weighted by molar-refractivity contribution is -0.118. The summed E-state index contributed by atoms with van der Waals surface area (Å²) in [5.41, 5.74) is 4.99. The lowest BCUT2D eigenvalue weighted by atomic mass is 9.93. The molecular weight excluding hydrogens is 236 g/mol. The third-order valence-electron chi connectivity index (χ3n) is 4.17. The summed E-state index contributed by atoms with van der Waals surface area (Å²) in [7, 11) is 4.18. The van der Waals surface area contributed by atoms with Gasteiger partial charge in [0.1, 0.15) is 0 Å². The van der Waals surface area contributed by atoms with Crippen LogP contribution < -0.4 is 4.90 Å². The summed E-state index contributed by atoms with van der Waals surface area (Å²) in [6.45, 7) is 6.99. The molecule has 0 spiro atoms. The van der Waals surface area contributed by atoms with Crippen molar-refractivity contribution in [2.45, 2.75) is 39.7 Å². The summed E-state index contributed by atoms with van der Waals surface area (Å²) >= 11 is 0. The number of amides is 1. The average molecular weight is 260 g/mol. The van der Waals surface area contributed by atoms with Gasteiger partial charge in [-0.15, -0.1) is 0 Å². The number of hydrogen-bond donors (Lipinski definition) is 0. The van der Waals surface area contributed by atoms with Crippen LogP contribution in [0.25, 0.3) is 0 Å². The molecule has 3 heteroatoms. The molecule has 1 aliphatic heterocycles. The predicted octanol–water partition coefficient (Wildman–Crippen LogP) is 2.53. The first-order valence-electron chi connectivity index (χ1n) is 7.01. The minimum Gasteiger partial charge on any atom is -0.311 e. The van der Waals surface area contributed by atoms with Crippen LogP contribution in [0.15, 0.2) is 12.1 Å². The maximum absolute atomic E-state index is 12.2. The van der Waals surface area contributed by atoms with Crippen molar-refractivity contribution in [1.82, 2.24) is 4.90 Å². The third kappa shape index (κ3) is 2.66. The van der Waals surface area contributed by atoms with E-state index in [2.05, 4.69) is 45.0 Å². The Kier molecular flexibility index (Phi) is 3.95. The quantitative estimate of drug-likeness (QED) is 0.816. The standard InChI is InChI=1S/C16H24N2O/c1-6-16(19)18-10-14(17(4)5)9-13-7-11(2)12(3)8-15(13)18/h7-8,14H,6,9-10H2,1-5H3. The van der Waals surface area contributed by atoms with E-state index in [1.165, 1.54) is 16.7 Å². The van der Waals surface area contributed by atoms with Gasteiger partial charge in [0.05, 0.1) is 0 Å². The molecule has 1 heterocycles. The van der Waals surface area contributed by atoms with Gasteiger partial charge in [0, 0.05) is 24.7 Å². The molecule has 1 atom stereocenters. The van der Waals surface area contributed by atoms with Crippen LogP contribution in [0.4, 0.5) is 5.69 Å². The SMILES string of the molecule is CCC(=O)N1CC(N(C)C)Cc2cc(C)c(C)cc21. The lowest BCUT2D eigenvalue weighted by Crippen LogP contribution is -2.48. The number of likely N-dealkylation sites (N-methyl/N-ethyl adjacent to an activating group) is 1. The largest absolute Gasteiger partial charge is 0.311 e. The van der Waals surface area contributed by atoms with Gasteiger partial charge in [-0.05, 0) is 57.1 Å². The number of fused-ring (bicyclic) bond motifs is 1. The summed E-state index contributed by atoms with van der Waals surface area (Å²) in [6.07, 6.45) is 1.59. The maximum Gasteiger partial charge on any atom is 0.226 e. The molecule has 1 aliphatic rings. The monoisotopic (exact) mass is 260 g/mol. The number of anilines is 1. The van der Waals surface area contributed by atoms with E-state index in [9.17, 15) is 4.79 Å². The van der Waals surface area contributed by atoms with Crippen molar-refractivity contribution in [2.75, 3.05) is 25.5 Å². The van der Waals surface area contributed by atoms with Gasteiger partial charge in [-0.3, -0.25) is 4.79 Å². The minimum absolute atomic E-state index is 0.219. The zero-order valence-electron chi connectivity index (χ0n) is 12.7. The highest BCUT2D eigenvalue weighted by Gasteiger charge is 2.29. The molecule has 3 nitrogen and oxygen atoms in total. The lowest BCUT2D eigenvalue weighted by Gasteiger charge is -2.38. The Balaban J connectivity index is 2.46. The fraction of sp³-hybridized carbons (Fsp3) is 0.562. The van der Waals surface area contributed by atoms with Crippen LogP contribution in [0, 0.1) is 13.8 Å². The summed E-state index contributed by atoms with van der Waals surface area (Å²) in [6, 6.07) is 4.82. The average Bonchev–Trinajstić information content (AvgIpc) is 2.38. The van der Waals surface area contributed by atoms with Crippen LogP contribution in [0.1, 0.15) is 30.0 Å². The Morgan fingerprint density at radius 1 is 1.32 bits per heavy atom. The van der Waals surface area contributed by atoms with Crippen LogP contribution >= 0.6 is 0 Å². The van der Waals surface area contributed by atoms with Gasteiger partial charge in [-0.2, -0.15) is 0 Å². The molecule has 0 fully saturated rings. The van der Waals surface area contributed by atoms with E-state index in [4.69, 9.17) is 0 Å². The van der Waals surface area contributed by atoms with Gasteiger partial charge in [0.15, 0.2) is 0 Å². The van der Waals surface area contributed by atoms with Crippen LogP contribution in [-0.4, -0.2) is 37.5 Å². The van der Waals surface area contributed by atoms with E-state index in [-0.39, 0.29) is 5.91 Å². The second-order valence-electron chi connectivity index (χ2n) is 5.74. The molecular formula is C16H24N2O. The molecule has 1 amide bonds. The van der Waals surface area contributed by atoms with E-state index in [1.54, 1.807) is 0 Å². The Morgan fingerprint density at radius 2 is 1.95 bits per heavy atom. The Labute approximate surface area is 116 Å². The van der Waals surface area contributed by atoms with Crippen molar-refractivity contribution in [3.63, 3.8) is 0 Å². The van der Waals surface area contributed by atoms with E-state index >= 15 is 0 Å². The number of benzene rings is 1. The van der Waals surface area contributed by atoms with Gasteiger partial charge in [-0.1, -0.05) is 13.0 Å². The Bertz CT molecular complexity index is 494. The molecule has 0 saturated heterocycles. The summed E-state index contributed by atoms with van der Waals surface area (Å²) in [5, 5.41) is 0. The molecule has 0 radical (unpaired) electrons. The maximum atomic E-state index is 12.2. The zero-order valence-corrected chi connectivity index (χ0v) is 12.7. The summed E-state index contributed by atoms with van der Waals surface area (Å²) < 4.78 is 0. The Morgan fingerprint density at radius 3 is 2.53 bits per heavy atom. The van der Waals surface area contributed by atoms with E-state index < -0.39 is 0 Å². The second kappa shape index (κ2) is 5.33. The number of carbonyl (C=O) groups is 1. The van der Waals surface area contributed by atoms with Crippen molar-refractivity contribution >= 4 is 11.6 Å². The van der Waals surface area contributed by atoms with Gasteiger partial charge in [0.2, 0.25) is 5.91 Å². The molecule has 1 unspecified atom stereocenters. The predicted molar refractivity (Wildman–Crippen MR) is 79.7 cm³/mol. The fourth-order valence-electron chi connectivity index (χ4n) is 2.68. The van der Waals surface area contributed by atoms with Crippen LogP contribution in [-0.2, 0) is 11.2 Å². The molecule has 2 rings (SSSR count). The van der Waals surface area contributed by atoms with E-state index in [1.807, 2.05) is 11.8 Å². The fourth-order valence-corrected chi connectivity index (χ4v) is 2.68. The highest BCUT2D eigenvalue weighted by atomic mass is 16.2. The van der Waals surface area contributed by atoms with Gasteiger partial charge in [-0.25, -0.2) is 0 Å². The zero-order chi connectivity index (χ0) is 14.2. The van der Waals surface area contributed by atoms with Crippen molar-refractivity contribution in [3.8, 4) is 0 Å². The van der Waals surface area contributed by atoms with Crippen molar-refractivity contribution in [2.24, 2.45) is 0 Å². The molecule has 0 aliphatic carbocycles. The minimum atomic E-state index is 0.219. The number of aryl methyl sites for hydroxylation is 2. The van der Waals surface area contributed by atoms with Crippen LogP contribution in [0.3, 0.4) is 0 Å². The molecule has 19 heavy (non-hydrogen) atoms. The molecule has 1 aromatic rings. The Hall–Kier alpha value is -1.35.